The van der Waals surface area contributed by atoms with Crippen LogP contribution in [-0.2, 0) is 5.41 Å². The third-order valence-electron chi connectivity index (χ3n) is 9.06. The first-order chi connectivity index (χ1) is 20.1. The number of rotatable bonds is 3. The summed E-state index contributed by atoms with van der Waals surface area (Å²) in [7, 11) is 0. The lowest BCUT2D eigenvalue weighted by molar-refractivity contribution is 0.661. The molecule has 0 aliphatic heterocycles. The van der Waals surface area contributed by atoms with Crippen LogP contribution in [0, 0.1) is 0 Å². The monoisotopic (exact) mass is 522 g/mol. The molecule has 8 rings (SSSR count). The van der Waals surface area contributed by atoms with E-state index in [0.717, 1.165) is 0 Å². The second kappa shape index (κ2) is 9.04. The second-order valence-corrected chi connectivity index (χ2v) is 11.8. The average Bonchev–Trinajstić information content (AvgIpc) is 3.25. The zero-order valence-electron chi connectivity index (χ0n) is 23.4. The van der Waals surface area contributed by atoms with E-state index in [1.807, 2.05) is 0 Å². The van der Waals surface area contributed by atoms with Crippen molar-refractivity contribution in [2.45, 2.75) is 19.3 Å². The molecular weight excluding hydrogens is 492 g/mol. The smallest absolute Gasteiger partial charge is 0.0159 e. The van der Waals surface area contributed by atoms with E-state index in [2.05, 4.69) is 159 Å². The quantitative estimate of drug-likeness (QED) is 0.216. The van der Waals surface area contributed by atoms with E-state index in [1.54, 1.807) is 0 Å². The van der Waals surface area contributed by atoms with Crippen LogP contribution in [0.15, 0.2) is 146 Å². The molecule has 0 unspecified atom stereocenters. The standard InChI is InChI=1S/C41H30/c1-41(2)39-25-31(34-18-10-16-27-13-8-9-17-33(27)34)19-21-35(39)36-22-20-32(26-40(36)41)38-24-30-15-7-6-14-29(30)23-37(38)28-11-4-3-5-12-28/h3-26H,1-2H3. The van der Waals surface area contributed by atoms with Crippen LogP contribution in [-0.4, -0.2) is 0 Å². The van der Waals surface area contributed by atoms with Crippen molar-refractivity contribution in [2.24, 2.45) is 0 Å². The molecule has 7 aromatic carbocycles. The first-order valence-electron chi connectivity index (χ1n) is 14.4. The van der Waals surface area contributed by atoms with Crippen molar-refractivity contribution in [2.75, 3.05) is 0 Å². The normalized spacial score (nSPS) is 13.3. The van der Waals surface area contributed by atoms with E-state index in [1.165, 1.54) is 77.2 Å². The Kier molecular flexibility index (Phi) is 5.27. The van der Waals surface area contributed by atoms with Gasteiger partial charge in [-0.1, -0.05) is 135 Å². The SMILES string of the molecule is CC1(C)c2cc(-c3cc4ccccc4cc3-c3ccccc3)ccc2-c2ccc(-c3cccc4ccccc34)cc21. The zero-order chi connectivity index (χ0) is 27.6. The molecule has 0 heterocycles. The third-order valence-corrected chi connectivity index (χ3v) is 9.06. The van der Waals surface area contributed by atoms with E-state index >= 15 is 0 Å². The van der Waals surface area contributed by atoms with Crippen LogP contribution in [0.25, 0.3) is 66.1 Å². The number of hydrogen-bond acceptors (Lipinski definition) is 0. The lowest BCUT2D eigenvalue weighted by Gasteiger charge is -2.23. The summed E-state index contributed by atoms with van der Waals surface area (Å²) in [5, 5.41) is 5.12. The van der Waals surface area contributed by atoms with Gasteiger partial charge >= 0.3 is 0 Å². The van der Waals surface area contributed by atoms with E-state index in [4.69, 9.17) is 0 Å². The molecule has 0 N–H and O–H groups in total. The molecule has 0 amide bonds. The van der Waals surface area contributed by atoms with E-state index in [9.17, 15) is 0 Å². The molecule has 0 nitrogen and oxygen atoms in total. The fourth-order valence-corrected chi connectivity index (χ4v) is 6.89. The summed E-state index contributed by atoms with van der Waals surface area (Å²) in [4.78, 5) is 0. The molecule has 0 bridgehead atoms. The van der Waals surface area contributed by atoms with Crippen LogP contribution in [0.2, 0.25) is 0 Å². The summed E-state index contributed by atoms with van der Waals surface area (Å²) >= 11 is 0. The van der Waals surface area contributed by atoms with Crippen LogP contribution in [0.4, 0.5) is 0 Å². The van der Waals surface area contributed by atoms with Gasteiger partial charge in [-0.05, 0) is 101 Å². The van der Waals surface area contributed by atoms with Gasteiger partial charge in [0.2, 0.25) is 0 Å². The number of benzene rings is 7. The summed E-state index contributed by atoms with van der Waals surface area (Å²) in [6.45, 7) is 4.76. The lowest BCUT2D eigenvalue weighted by Crippen LogP contribution is -2.15. The van der Waals surface area contributed by atoms with Crippen molar-refractivity contribution in [1.29, 1.82) is 0 Å². The van der Waals surface area contributed by atoms with Gasteiger partial charge in [0.05, 0.1) is 0 Å². The average molecular weight is 523 g/mol. The Hall–Kier alpha value is -4.94. The molecule has 0 radical (unpaired) electrons. The van der Waals surface area contributed by atoms with Crippen LogP contribution >= 0.6 is 0 Å². The van der Waals surface area contributed by atoms with Gasteiger partial charge in [0.25, 0.3) is 0 Å². The molecule has 0 aromatic heterocycles. The Bertz CT molecular complexity index is 2110. The van der Waals surface area contributed by atoms with Gasteiger partial charge in [0.15, 0.2) is 0 Å². The first-order valence-corrected chi connectivity index (χ1v) is 14.4. The minimum Gasteiger partial charge on any atom is -0.0622 e. The Morgan fingerprint density at radius 3 is 1.51 bits per heavy atom. The summed E-state index contributed by atoms with van der Waals surface area (Å²) in [5.41, 5.74) is 13.0. The maximum absolute atomic E-state index is 2.45. The van der Waals surface area contributed by atoms with Crippen LogP contribution < -0.4 is 0 Å². The molecule has 0 fully saturated rings. The predicted molar refractivity (Wildman–Crippen MR) is 175 cm³/mol. The predicted octanol–water partition coefficient (Wildman–Crippen LogP) is 11.3. The first kappa shape index (κ1) is 23.9. The minimum atomic E-state index is -0.106. The fourth-order valence-electron chi connectivity index (χ4n) is 6.89. The van der Waals surface area contributed by atoms with Crippen LogP contribution in [0.1, 0.15) is 25.0 Å². The molecule has 1 aliphatic rings. The molecule has 1 aliphatic carbocycles. The summed E-state index contributed by atoms with van der Waals surface area (Å²) in [6, 6.07) is 53.7. The van der Waals surface area contributed by atoms with Crippen molar-refractivity contribution >= 4 is 21.5 Å². The summed E-state index contributed by atoms with van der Waals surface area (Å²) < 4.78 is 0. The van der Waals surface area contributed by atoms with E-state index < -0.39 is 0 Å². The van der Waals surface area contributed by atoms with Gasteiger partial charge < -0.3 is 0 Å². The third kappa shape index (κ3) is 3.75. The van der Waals surface area contributed by atoms with Crippen LogP contribution in [0.3, 0.4) is 0 Å². The highest BCUT2D eigenvalue weighted by atomic mass is 14.4. The molecule has 0 atom stereocenters. The highest BCUT2D eigenvalue weighted by molar-refractivity contribution is 5.99. The molecule has 0 heteroatoms. The Morgan fingerprint density at radius 2 is 0.854 bits per heavy atom. The molecule has 0 saturated carbocycles. The van der Waals surface area contributed by atoms with Gasteiger partial charge in [0.1, 0.15) is 0 Å². The molecule has 7 aromatic rings. The highest BCUT2D eigenvalue weighted by Crippen LogP contribution is 2.51. The number of hydrogen-bond donors (Lipinski definition) is 0. The van der Waals surface area contributed by atoms with Gasteiger partial charge in [0, 0.05) is 5.41 Å². The molecule has 0 saturated heterocycles. The Morgan fingerprint density at radius 1 is 0.341 bits per heavy atom. The van der Waals surface area contributed by atoms with Gasteiger partial charge in [-0.2, -0.15) is 0 Å². The molecule has 0 spiro atoms. The minimum absolute atomic E-state index is 0.106. The van der Waals surface area contributed by atoms with Crippen molar-refractivity contribution in [3.8, 4) is 44.5 Å². The fraction of sp³-hybridized carbons (Fsp3) is 0.0732. The largest absolute Gasteiger partial charge is 0.0622 e. The Balaban J connectivity index is 1.28. The van der Waals surface area contributed by atoms with Crippen molar-refractivity contribution in [3.63, 3.8) is 0 Å². The summed E-state index contributed by atoms with van der Waals surface area (Å²) in [6.07, 6.45) is 0. The topological polar surface area (TPSA) is 0 Å². The van der Waals surface area contributed by atoms with Crippen molar-refractivity contribution in [1.82, 2.24) is 0 Å². The van der Waals surface area contributed by atoms with E-state index in [0.29, 0.717) is 0 Å². The summed E-state index contributed by atoms with van der Waals surface area (Å²) in [5.74, 6) is 0. The molecular formula is C41H30. The highest BCUT2D eigenvalue weighted by Gasteiger charge is 2.36. The lowest BCUT2D eigenvalue weighted by atomic mass is 9.80. The maximum Gasteiger partial charge on any atom is 0.0159 e. The van der Waals surface area contributed by atoms with Gasteiger partial charge in [-0.3, -0.25) is 0 Å². The zero-order valence-corrected chi connectivity index (χ0v) is 23.4. The van der Waals surface area contributed by atoms with Gasteiger partial charge in [-0.15, -0.1) is 0 Å². The van der Waals surface area contributed by atoms with Gasteiger partial charge in [-0.25, -0.2) is 0 Å². The van der Waals surface area contributed by atoms with Crippen molar-refractivity contribution < 1.29 is 0 Å². The molecule has 194 valence electrons. The maximum atomic E-state index is 2.45. The van der Waals surface area contributed by atoms with Crippen LogP contribution in [0.5, 0.6) is 0 Å². The number of fused-ring (bicyclic) bond motifs is 5. The second-order valence-electron chi connectivity index (χ2n) is 11.8. The van der Waals surface area contributed by atoms with E-state index in [-0.39, 0.29) is 5.41 Å². The Labute approximate surface area is 241 Å². The van der Waals surface area contributed by atoms with Crippen molar-refractivity contribution in [3.05, 3.63) is 157 Å². The molecule has 41 heavy (non-hydrogen) atoms.